The van der Waals surface area contributed by atoms with E-state index in [1.165, 1.54) is 0 Å². The third-order valence-electron chi connectivity index (χ3n) is 0.866. The van der Waals surface area contributed by atoms with Gasteiger partial charge in [0.05, 0.1) is 0 Å². The Morgan fingerprint density at radius 2 is 0.714 bits per heavy atom. The summed E-state index contributed by atoms with van der Waals surface area (Å²) in [4.78, 5) is 0. The molecule has 21 heavy (non-hydrogen) atoms. The van der Waals surface area contributed by atoms with Gasteiger partial charge in [0, 0.05) is 0 Å². The average molecular weight is 439 g/mol. The van der Waals surface area contributed by atoms with Crippen LogP contribution in [0.25, 0.3) is 0 Å². The van der Waals surface area contributed by atoms with E-state index in [1.807, 2.05) is 0 Å². The molecule has 0 aliphatic carbocycles. The summed E-state index contributed by atoms with van der Waals surface area (Å²) < 4.78 is 0. The van der Waals surface area contributed by atoms with Crippen LogP contribution in [0.4, 0.5) is 0 Å². The Morgan fingerprint density at radius 3 is 0.714 bits per heavy atom. The van der Waals surface area contributed by atoms with Crippen LogP contribution in [0.2, 0.25) is 0 Å². The molecule has 0 unspecified atom stereocenters. The van der Waals surface area contributed by atoms with Crippen molar-refractivity contribution in [2.24, 2.45) is 22.7 Å². The molecule has 0 bridgehead atoms. The van der Waals surface area contributed by atoms with E-state index in [2.05, 4.69) is 83.1 Å². The summed E-state index contributed by atoms with van der Waals surface area (Å²) in [6.45, 7) is 28.3. The summed E-state index contributed by atoms with van der Waals surface area (Å²) in [6, 6.07) is 0. The van der Waals surface area contributed by atoms with Crippen molar-refractivity contribution >= 4 is 49.2 Å². The molecule has 0 fully saturated rings. The molecule has 0 saturated carbocycles. The standard InChI is InChI=1S/2C5H12S.2C4H9.Sn/c2*1-5(2,3)4-6;2*1-4(2)3;/h2*6H,4H2,1-3H3;2*4H,1H2,2-3H3;/q;;;;+2/p-2. The Labute approximate surface area is 165 Å². The molecule has 0 aliphatic heterocycles. The zero-order valence-corrected chi connectivity index (χ0v) is 20.8. The van der Waals surface area contributed by atoms with Gasteiger partial charge in [-0.3, -0.25) is 0 Å². The topological polar surface area (TPSA) is 0 Å². The minimum Gasteiger partial charge on any atom is -0.792 e. The third-order valence-corrected chi connectivity index (χ3v) is 2.60. The van der Waals surface area contributed by atoms with Gasteiger partial charge in [0.2, 0.25) is 0 Å². The Morgan fingerprint density at radius 1 is 0.667 bits per heavy atom. The smallest absolute Gasteiger partial charge is 0.792 e. The first-order chi connectivity index (χ1) is 8.59. The second kappa shape index (κ2) is 19.5. The predicted molar refractivity (Wildman–Crippen MR) is 110 cm³/mol. The van der Waals surface area contributed by atoms with Crippen molar-refractivity contribution in [1.82, 2.24) is 0 Å². The van der Waals surface area contributed by atoms with Crippen LogP contribution in [0.5, 0.6) is 0 Å². The van der Waals surface area contributed by atoms with Crippen molar-refractivity contribution in [2.45, 2.75) is 69.2 Å². The zero-order valence-electron chi connectivity index (χ0n) is 16.3. The maximum Gasteiger partial charge on any atom is 2.00 e. The molecule has 0 saturated heterocycles. The first-order valence-corrected chi connectivity index (χ1v) is 8.57. The van der Waals surface area contributed by atoms with Gasteiger partial charge in [-0.1, -0.05) is 93.9 Å². The van der Waals surface area contributed by atoms with Crippen molar-refractivity contribution in [3.05, 3.63) is 13.8 Å². The maximum atomic E-state index is 4.79. The van der Waals surface area contributed by atoms with Crippen molar-refractivity contribution in [2.75, 3.05) is 11.5 Å². The molecule has 0 aromatic carbocycles. The molecular weight excluding hydrogens is 399 g/mol. The van der Waals surface area contributed by atoms with E-state index in [1.54, 1.807) is 0 Å². The van der Waals surface area contributed by atoms with Crippen LogP contribution in [0.15, 0.2) is 0 Å². The van der Waals surface area contributed by atoms with Gasteiger partial charge < -0.3 is 25.3 Å². The van der Waals surface area contributed by atoms with Crippen LogP contribution in [0.3, 0.4) is 0 Å². The molecule has 0 atom stereocenters. The second-order valence-corrected chi connectivity index (χ2v) is 8.78. The quantitative estimate of drug-likeness (QED) is 0.349. The van der Waals surface area contributed by atoms with Crippen LogP contribution in [-0.2, 0) is 25.3 Å². The molecule has 0 N–H and O–H groups in total. The van der Waals surface area contributed by atoms with Crippen molar-refractivity contribution in [3.63, 3.8) is 0 Å². The van der Waals surface area contributed by atoms with Gasteiger partial charge in [-0.25, -0.2) is 0 Å². The Hall–Kier alpha value is 1.50. The number of rotatable bonds is 0. The van der Waals surface area contributed by atoms with Crippen molar-refractivity contribution < 1.29 is 0 Å². The van der Waals surface area contributed by atoms with Crippen LogP contribution < -0.4 is 0 Å². The molecule has 0 rings (SSSR count). The van der Waals surface area contributed by atoms with Crippen LogP contribution in [0.1, 0.15) is 69.2 Å². The van der Waals surface area contributed by atoms with Gasteiger partial charge >= 0.3 is 23.9 Å². The normalized spacial score (nSPS) is 10.3. The molecule has 0 heterocycles. The van der Waals surface area contributed by atoms with Gasteiger partial charge in [-0.05, 0) is 11.8 Å². The summed E-state index contributed by atoms with van der Waals surface area (Å²) in [5.74, 6) is 2.88. The van der Waals surface area contributed by atoms with Crippen LogP contribution in [-0.4, -0.2) is 35.4 Å². The Kier molecular flexibility index (Phi) is 31.6. The second-order valence-electron chi connectivity index (χ2n) is 8.20. The summed E-state index contributed by atoms with van der Waals surface area (Å²) in [6.07, 6.45) is 0. The largest absolute Gasteiger partial charge is 2.00 e. The van der Waals surface area contributed by atoms with E-state index in [0.717, 1.165) is 11.5 Å². The van der Waals surface area contributed by atoms with Crippen LogP contribution in [0, 0.1) is 36.5 Å². The van der Waals surface area contributed by atoms with E-state index in [0.29, 0.717) is 22.7 Å². The Balaban J connectivity index is -0.0000000544. The third kappa shape index (κ3) is 145. The first-order valence-electron chi connectivity index (χ1n) is 7.41. The molecule has 0 nitrogen and oxygen atoms in total. The molecular formula is C18H40S2Sn. The van der Waals surface area contributed by atoms with Crippen molar-refractivity contribution in [3.8, 4) is 0 Å². The van der Waals surface area contributed by atoms with Gasteiger partial charge in [0.15, 0.2) is 0 Å². The fourth-order valence-corrected chi connectivity index (χ4v) is 0. The minimum absolute atomic E-state index is 0. The van der Waals surface area contributed by atoms with E-state index < -0.39 is 0 Å². The maximum absolute atomic E-state index is 4.79. The average Bonchev–Trinajstić information content (AvgIpc) is 2.14. The van der Waals surface area contributed by atoms with E-state index >= 15 is 0 Å². The summed E-state index contributed by atoms with van der Waals surface area (Å²) >= 11 is 9.58. The van der Waals surface area contributed by atoms with Gasteiger partial charge in [0.1, 0.15) is 0 Å². The summed E-state index contributed by atoms with van der Waals surface area (Å²) in [5.41, 5.74) is 0.713. The van der Waals surface area contributed by atoms with Crippen LogP contribution >= 0.6 is 0 Å². The SMILES string of the molecule is CC(C)(C)C[S-].CC(C)(C)C[S-].[CH2]C(C)C.[CH2]C(C)C.[Sn+2]. The fraction of sp³-hybridized carbons (Fsp3) is 0.889. The van der Waals surface area contributed by atoms with E-state index in [-0.39, 0.29) is 23.9 Å². The molecule has 128 valence electrons. The zero-order chi connectivity index (χ0) is 17.6. The monoisotopic (exact) mass is 440 g/mol. The van der Waals surface area contributed by atoms with Gasteiger partial charge in [0.25, 0.3) is 0 Å². The fourth-order valence-electron chi connectivity index (χ4n) is 0. The van der Waals surface area contributed by atoms with Gasteiger partial charge in [-0.2, -0.15) is 11.5 Å². The summed E-state index contributed by atoms with van der Waals surface area (Å²) in [5, 5.41) is 0. The van der Waals surface area contributed by atoms with Crippen molar-refractivity contribution in [1.29, 1.82) is 0 Å². The summed E-state index contributed by atoms with van der Waals surface area (Å²) in [7, 11) is 0. The number of hydrogen-bond donors (Lipinski definition) is 0. The molecule has 0 aromatic rings. The molecule has 0 aromatic heterocycles. The van der Waals surface area contributed by atoms with Gasteiger partial charge in [-0.15, -0.1) is 0 Å². The molecule has 0 amide bonds. The molecule has 4 radical (unpaired) electrons. The molecule has 3 heteroatoms. The Bertz CT molecular complexity index is 140. The molecule has 0 aliphatic rings. The first kappa shape index (κ1) is 34.0. The predicted octanol–water partition coefficient (Wildman–Crippen LogP) is 5.73. The number of hydrogen-bond acceptors (Lipinski definition) is 2. The minimum atomic E-state index is 0. The van der Waals surface area contributed by atoms with E-state index in [4.69, 9.17) is 25.3 Å². The molecule has 0 spiro atoms. The van der Waals surface area contributed by atoms with E-state index in [9.17, 15) is 0 Å².